The molecule has 0 fully saturated rings. The van der Waals surface area contributed by atoms with E-state index in [1.165, 1.54) is 11.8 Å². The Kier molecular flexibility index (Phi) is 3.86. The molecule has 0 aliphatic heterocycles. The van der Waals surface area contributed by atoms with E-state index in [9.17, 15) is 0 Å². The summed E-state index contributed by atoms with van der Waals surface area (Å²) >= 11 is 1.47. The number of hydrogen-bond donors (Lipinski definition) is 1. The van der Waals surface area contributed by atoms with Gasteiger partial charge in [0.1, 0.15) is 5.03 Å². The van der Waals surface area contributed by atoms with Crippen molar-refractivity contribution in [3.63, 3.8) is 0 Å². The van der Waals surface area contributed by atoms with E-state index in [0.29, 0.717) is 6.54 Å². The van der Waals surface area contributed by atoms with Gasteiger partial charge in [0.15, 0.2) is 5.16 Å². The Morgan fingerprint density at radius 1 is 1.00 bits per heavy atom. The van der Waals surface area contributed by atoms with Gasteiger partial charge in [0, 0.05) is 23.3 Å². The first-order chi connectivity index (χ1) is 10.2. The zero-order valence-corrected chi connectivity index (χ0v) is 12.8. The predicted molar refractivity (Wildman–Crippen MR) is 85.3 cm³/mol. The first-order valence-electron chi connectivity index (χ1n) is 6.74. The van der Waals surface area contributed by atoms with Crippen LogP contribution in [0.15, 0.2) is 46.6 Å². The number of aromatic nitrogens is 3. The topological polar surface area (TPSA) is 64.7 Å². The summed E-state index contributed by atoms with van der Waals surface area (Å²) in [6.07, 6.45) is 0. The van der Waals surface area contributed by atoms with Crippen LogP contribution in [0.4, 0.5) is 0 Å². The van der Waals surface area contributed by atoms with Crippen molar-refractivity contribution in [1.82, 2.24) is 15.0 Å². The van der Waals surface area contributed by atoms with Gasteiger partial charge in [0.05, 0.1) is 5.52 Å². The molecule has 0 aliphatic carbocycles. The number of hydrogen-bond acceptors (Lipinski definition) is 5. The summed E-state index contributed by atoms with van der Waals surface area (Å²) in [6.45, 7) is 4.43. The van der Waals surface area contributed by atoms with E-state index in [4.69, 9.17) is 5.73 Å². The van der Waals surface area contributed by atoms with Crippen LogP contribution in [0.1, 0.15) is 17.0 Å². The van der Waals surface area contributed by atoms with E-state index >= 15 is 0 Å². The number of fused-ring (bicyclic) bond motifs is 1. The molecule has 0 aliphatic rings. The molecule has 2 N–H and O–H groups in total. The predicted octanol–water partition coefficient (Wildman–Crippen LogP) is 3.25. The van der Waals surface area contributed by atoms with Crippen molar-refractivity contribution in [1.29, 1.82) is 0 Å². The van der Waals surface area contributed by atoms with Crippen molar-refractivity contribution in [2.24, 2.45) is 5.73 Å². The number of aryl methyl sites for hydroxylation is 2. The third-order valence-electron chi connectivity index (χ3n) is 3.16. The maximum Gasteiger partial charge on any atom is 0.194 e. The summed E-state index contributed by atoms with van der Waals surface area (Å²) in [5.41, 5.74) is 9.83. The average molecular weight is 296 g/mol. The SMILES string of the molecule is Cc1cc(C)nc(Sc2cc(CN)c3ccccc3n2)n1. The molecule has 0 amide bonds. The smallest absolute Gasteiger partial charge is 0.194 e. The number of pyridine rings is 1. The Morgan fingerprint density at radius 2 is 1.71 bits per heavy atom. The lowest BCUT2D eigenvalue weighted by molar-refractivity contribution is 0.899. The lowest BCUT2D eigenvalue weighted by Crippen LogP contribution is -2.00. The van der Waals surface area contributed by atoms with Gasteiger partial charge in [-0.05, 0) is 49.4 Å². The van der Waals surface area contributed by atoms with Crippen LogP contribution in [0.25, 0.3) is 10.9 Å². The molecule has 106 valence electrons. The van der Waals surface area contributed by atoms with Crippen LogP contribution in [-0.2, 0) is 6.54 Å². The monoisotopic (exact) mass is 296 g/mol. The van der Waals surface area contributed by atoms with Gasteiger partial charge in [-0.15, -0.1) is 0 Å². The first-order valence-corrected chi connectivity index (χ1v) is 7.56. The summed E-state index contributed by atoms with van der Waals surface area (Å²) in [7, 11) is 0. The highest BCUT2D eigenvalue weighted by molar-refractivity contribution is 7.99. The average Bonchev–Trinajstić information content (AvgIpc) is 2.45. The minimum atomic E-state index is 0.490. The molecule has 21 heavy (non-hydrogen) atoms. The van der Waals surface area contributed by atoms with Gasteiger partial charge in [0.25, 0.3) is 0 Å². The largest absolute Gasteiger partial charge is 0.326 e. The third-order valence-corrected chi connectivity index (χ3v) is 3.94. The van der Waals surface area contributed by atoms with Crippen LogP contribution in [-0.4, -0.2) is 15.0 Å². The van der Waals surface area contributed by atoms with Crippen LogP contribution < -0.4 is 5.73 Å². The molecule has 2 heterocycles. The molecular weight excluding hydrogens is 280 g/mol. The molecule has 3 rings (SSSR count). The van der Waals surface area contributed by atoms with Gasteiger partial charge in [0.2, 0.25) is 0 Å². The molecule has 0 unspecified atom stereocenters. The summed E-state index contributed by atoms with van der Waals surface area (Å²) < 4.78 is 0. The van der Waals surface area contributed by atoms with E-state index in [0.717, 1.165) is 38.0 Å². The second-order valence-corrected chi connectivity index (χ2v) is 5.86. The van der Waals surface area contributed by atoms with Crippen molar-refractivity contribution in [2.45, 2.75) is 30.6 Å². The van der Waals surface area contributed by atoms with Crippen LogP contribution >= 0.6 is 11.8 Å². The zero-order valence-electron chi connectivity index (χ0n) is 12.0. The molecular formula is C16H16N4S. The molecule has 0 saturated carbocycles. The fourth-order valence-electron chi connectivity index (χ4n) is 2.27. The lowest BCUT2D eigenvalue weighted by Gasteiger charge is -2.07. The number of nitrogens with zero attached hydrogens (tertiary/aromatic N) is 3. The molecule has 4 nitrogen and oxygen atoms in total. The van der Waals surface area contributed by atoms with Gasteiger partial charge in [-0.1, -0.05) is 18.2 Å². The Morgan fingerprint density at radius 3 is 2.43 bits per heavy atom. The molecule has 3 aromatic rings. The minimum absolute atomic E-state index is 0.490. The van der Waals surface area contributed by atoms with Crippen molar-refractivity contribution in [3.05, 3.63) is 53.3 Å². The second-order valence-electron chi connectivity index (χ2n) is 4.88. The van der Waals surface area contributed by atoms with E-state index in [1.54, 1.807) is 0 Å². The lowest BCUT2D eigenvalue weighted by atomic mass is 10.1. The van der Waals surface area contributed by atoms with Gasteiger partial charge in [-0.2, -0.15) is 0 Å². The van der Waals surface area contributed by atoms with Crippen molar-refractivity contribution in [2.75, 3.05) is 0 Å². The van der Waals surface area contributed by atoms with Gasteiger partial charge in [-0.25, -0.2) is 15.0 Å². The van der Waals surface area contributed by atoms with Crippen LogP contribution in [0.3, 0.4) is 0 Å². The van der Waals surface area contributed by atoms with E-state index in [-0.39, 0.29) is 0 Å². The molecule has 0 saturated heterocycles. The zero-order chi connectivity index (χ0) is 14.8. The molecule has 0 bridgehead atoms. The fourth-order valence-corrected chi connectivity index (χ4v) is 3.19. The number of para-hydroxylation sites is 1. The Labute approximate surface area is 127 Å². The molecule has 0 spiro atoms. The van der Waals surface area contributed by atoms with Crippen molar-refractivity contribution < 1.29 is 0 Å². The standard InChI is InChI=1S/C16H16N4S/c1-10-7-11(2)19-16(18-10)21-15-8-12(9-17)13-5-3-4-6-14(13)20-15/h3-8H,9,17H2,1-2H3. The summed E-state index contributed by atoms with van der Waals surface area (Å²) in [5, 5.41) is 2.70. The van der Waals surface area contributed by atoms with Gasteiger partial charge in [-0.3, -0.25) is 0 Å². The maximum atomic E-state index is 5.86. The number of rotatable bonds is 3. The molecule has 1 aromatic carbocycles. The van der Waals surface area contributed by atoms with Crippen LogP contribution in [0.2, 0.25) is 0 Å². The molecule has 0 radical (unpaired) electrons. The normalized spacial score (nSPS) is 11.0. The summed E-state index contributed by atoms with van der Waals surface area (Å²) in [6, 6.07) is 12.0. The van der Waals surface area contributed by atoms with Crippen molar-refractivity contribution in [3.8, 4) is 0 Å². The Bertz CT molecular complexity index is 781. The second kappa shape index (κ2) is 5.79. The Balaban J connectivity index is 2.04. The van der Waals surface area contributed by atoms with Gasteiger partial charge < -0.3 is 5.73 Å². The fraction of sp³-hybridized carbons (Fsp3) is 0.188. The molecule has 0 atom stereocenters. The van der Waals surface area contributed by atoms with E-state index < -0.39 is 0 Å². The van der Waals surface area contributed by atoms with Crippen molar-refractivity contribution >= 4 is 22.7 Å². The summed E-state index contributed by atoms with van der Waals surface area (Å²) in [4.78, 5) is 13.6. The van der Waals surface area contributed by atoms with Crippen LogP contribution in [0.5, 0.6) is 0 Å². The highest BCUT2D eigenvalue weighted by atomic mass is 32.2. The quantitative estimate of drug-likeness (QED) is 0.752. The highest BCUT2D eigenvalue weighted by Gasteiger charge is 2.08. The summed E-state index contributed by atoms with van der Waals surface area (Å²) in [5.74, 6) is 0. The highest BCUT2D eigenvalue weighted by Crippen LogP contribution is 2.27. The first kappa shape index (κ1) is 14.0. The van der Waals surface area contributed by atoms with E-state index in [1.807, 2.05) is 50.2 Å². The molecule has 2 aromatic heterocycles. The van der Waals surface area contributed by atoms with E-state index in [2.05, 4.69) is 15.0 Å². The number of benzene rings is 1. The van der Waals surface area contributed by atoms with Gasteiger partial charge >= 0.3 is 0 Å². The van der Waals surface area contributed by atoms with Crippen LogP contribution in [0, 0.1) is 13.8 Å². The minimum Gasteiger partial charge on any atom is -0.326 e. The maximum absolute atomic E-state index is 5.86. The number of nitrogens with two attached hydrogens (primary N) is 1. The molecule has 5 heteroatoms. The Hall–Kier alpha value is -1.98. The third kappa shape index (κ3) is 3.04.